The molecule has 1 heterocycles. The Morgan fingerprint density at radius 2 is 2.05 bits per heavy atom. The number of halogens is 1. The number of nitrogens with zero attached hydrogens (tertiary/aromatic N) is 1. The van der Waals surface area contributed by atoms with E-state index < -0.39 is 9.05 Å². The lowest BCUT2D eigenvalue weighted by Crippen LogP contribution is -2.34. The lowest BCUT2D eigenvalue weighted by molar-refractivity contribution is 0.0770. The Morgan fingerprint density at radius 3 is 2.58 bits per heavy atom. The molecular weight excluding hydrogens is 286 g/mol. The summed E-state index contributed by atoms with van der Waals surface area (Å²) in [6.07, 6.45) is 4.84. The van der Waals surface area contributed by atoms with E-state index in [9.17, 15) is 13.2 Å². The Labute approximate surface area is 117 Å². The van der Waals surface area contributed by atoms with Crippen molar-refractivity contribution in [2.75, 3.05) is 13.1 Å². The van der Waals surface area contributed by atoms with Crippen molar-refractivity contribution in [3.63, 3.8) is 0 Å². The highest BCUT2D eigenvalue weighted by Gasteiger charge is 2.19. The molecule has 0 atom stereocenters. The lowest BCUT2D eigenvalue weighted by atomic mass is 10.1. The van der Waals surface area contributed by atoms with E-state index in [-0.39, 0.29) is 10.8 Å². The van der Waals surface area contributed by atoms with Gasteiger partial charge in [-0.2, -0.15) is 0 Å². The molecule has 0 fully saturated rings. The van der Waals surface area contributed by atoms with Gasteiger partial charge in [-0.3, -0.25) is 4.79 Å². The van der Waals surface area contributed by atoms with Crippen molar-refractivity contribution in [1.82, 2.24) is 4.90 Å². The number of aryl methyl sites for hydroxylation is 1. The third kappa shape index (κ3) is 3.16. The predicted molar refractivity (Wildman–Crippen MR) is 73.9 cm³/mol. The standard InChI is InChI=1S/C13H14ClNO3S/c1-10-9-11(19(14,17)18)5-6-12(10)13(16)15-7-3-2-4-8-15/h2-3,5-6,9H,4,7-8H2,1H3. The number of benzene rings is 1. The largest absolute Gasteiger partial charge is 0.335 e. The third-order valence-electron chi connectivity index (χ3n) is 3.06. The number of carbonyl (C=O) groups is 1. The third-order valence-corrected chi connectivity index (χ3v) is 4.41. The van der Waals surface area contributed by atoms with Gasteiger partial charge < -0.3 is 4.90 Å². The summed E-state index contributed by atoms with van der Waals surface area (Å²) in [7, 11) is 1.52. The molecule has 1 aromatic carbocycles. The van der Waals surface area contributed by atoms with Gasteiger partial charge in [0.15, 0.2) is 0 Å². The SMILES string of the molecule is Cc1cc(S(=O)(=O)Cl)ccc1C(=O)N1CC=CCC1. The molecule has 19 heavy (non-hydrogen) atoms. The van der Waals surface area contributed by atoms with E-state index in [2.05, 4.69) is 0 Å². The molecule has 0 unspecified atom stereocenters. The van der Waals surface area contributed by atoms with E-state index in [0.29, 0.717) is 24.2 Å². The normalized spacial score (nSPS) is 15.6. The Bertz CT molecular complexity index is 637. The fraction of sp³-hybridized carbons (Fsp3) is 0.308. The maximum absolute atomic E-state index is 12.3. The quantitative estimate of drug-likeness (QED) is 0.622. The second-order valence-corrected chi connectivity index (χ2v) is 6.99. The molecular formula is C13H14ClNO3S. The van der Waals surface area contributed by atoms with Crippen LogP contribution in [0.4, 0.5) is 0 Å². The molecule has 4 nitrogen and oxygen atoms in total. The Morgan fingerprint density at radius 1 is 1.32 bits per heavy atom. The van der Waals surface area contributed by atoms with Crippen LogP contribution < -0.4 is 0 Å². The molecule has 0 saturated carbocycles. The minimum absolute atomic E-state index is 0.0155. The second kappa shape index (κ2) is 5.35. The minimum atomic E-state index is -3.76. The maximum atomic E-state index is 12.3. The topological polar surface area (TPSA) is 54.5 Å². The molecule has 0 aromatic heterocycles. The number of amides is 1. The Hall–Kier alpha value is -1.33. The second-order valence-electron chi connectivity index (χ2n) is 4.43. The first kappa shape index (κ1) is 14.1. The summed E-state index contributed by atoms with van der Waals surface area (Å²) in [6, 6.07) is 4.31. The molecule has 0 spiro atoms. The summed E-state index contributed by atoms with van der Waals surface area (Å²) in [4.78, 5) is 14.0. The highest BCUT2D eigenvalue weighted by molar-refractivity contribution is 8.13. The number of carbonyl (C=O) groups excluding carboxylic acids is 1. The summed E-state index contributed by atoms with van der Waals surface area (Å²) >= 11 is 0. The molecule has 1 amide bonds. The highest BCUT2D eigenvalue weighted by Crippen LogP contribution is 2.20. The van der Waals surface area contributed by atoms with E-state index in [1.807, 2.05) is 12.2 Å². The predicted octanol–water partition coefficient (Wildman–Crippen LogP) is 2.32. The van der Waals surface area contributed by atoms with Gasteiger partial charge in [0.1, 0.15) is 0 Å². The molecule has 1 aliphatic rings. The molecule has 0 bridgehead atoms. The van der Waals surface area contributed by atoms with Crippen molar-refractivity contribution < 1.29 is 13.2 Å². The molecule has 0 radical (unpaired) electrons. The Balaban J connectivity index is 2.31. The van der Waals surface area contributed by atoms with Crippen molar-refractivity contribution in [2.24, 2.45) is 0 Å². The highest BCUT2D eigenvalue weighted by atomic mass is 35.7. The first-order chi connectivity index (χ1) is 8.89. The van der Waals surface area contributed by atoms with Crippen molar-refractivity contribution in [3.8, 4) is 0 Å². The molecule has 0 N–H and O–H groups in total. The van der Waals surface area contributed by atoms with Gasteiger partial charge in [-0.1, -0.05) is 12.2 Å². The number of hydrogen-bond acceptors (Lipinski definition) is 3. The lowest BCUT2D eigenvalue weighted by Gasteiger charge is -2.24. The first-order valence-electron chi connectivity index (χ1n) is 5.89. The van der Waals surface area contributed by atoms with Gasteiger partial charge in [-0.05, 0) is 37.1 Å². The summed E-state index contributed by atoms with van der Waals surface area (Å²) in [5.41, 5.74) is 1.13. The van der Waals surface area contributed by atoms with Crippen LogP contribution >= 0.6 is 10.7 Å². The number of rotatable bonds is 2. The summed E-state index contributed by atoms with van der Waals surface area (Å²) < 4.78 is 22.5. The molecule has 1 aliphatic heterocycles. The van der Waals surface area contributed by atoms with Crippen molar-refractivity contribution >= 4 is 25.6 Å². The van der Waals surface area contributed by atoms with E-state index in [1.54, 1.807) is 11.8 Å². The average molecular weight is 300 g/mol. The molecule has 102 valence electrons. The average Bonchev–Trinajstić information content (AvgIpc) is 2.38. The summed E-state index contributed by atoms with van der Waals surface area (Å²) in [5.74, 6) is -0.0830. The van der Waals surface area contributed by atoms with Gasteiger partial charge in [0, 0.05) is 29.3 Å². The van der Waals surface area contributed by atoms with Crippen molar-refractivity contribution in [3.05, 3.63) is 41.5 Å². The fourth-order valence-corrected chi connectivity index (χ4v) is 2.86. The molecule has 1 aromatic rings. The number of hydrogen-bond donors (Lipinski definition) is 0. The van der Waals surface area contributed by atoms with Crippen LogP contribution in [0, 0.1) is 6.92 Å². The van der Waals surface area contributed by atoms with E-state index in [0.717, 1.165) is 6.42 Å². The van der Waals surface area contributed by atoms with E-state index in [1.165, 1.54) is 18.2 Å². The fourth-order valence-electron chi connectivity index (χ4n) is 2.02. The monoisotopic (exact) mass is 299 g/mol. The van der Waals surface area contributed by atoms with Crippen LogP contribution in [-0.4, -0.2) is 32.3 Å². The Kier molecular flexibility index (Phi) is 3.96. The summed E-state index contributed by atoms with van der Waals surface area (Å²) in [6.45, 7) is 2.98. The van der Waals surface area contributed by atoms with Gasteiger partial charge in [-0.25, -0.2) is 8.42 Å². The van der Waals surface area contributed by atoms with Crippen molar-refractivity contribution in [2.45, 2.75) is 18.2 Å². The molecule has 0 saturated heterocycles. The van der Waals surface area contributed by atoms with E-state index in [4.69, 9.17) is 10.7 Å². The van der Waals surface area contributed by atoms with Crippen molar-refractivity contribution in [1.29, 1.82) is 0 Å². The molecule has 0 aliphatic carbocycles. The van der Waals surface area contributed by atoms with Gasteiger partial charge >= 0.3 is 0 Å². The van der Waals surface area contributed by atoms with Crippen LogP contribution in [0.15, 0.2) is 35.2 Å². The van der Waals surface area contributed by atoms with E-state index >= 15 is 0 Å². The zero-order valence-corrected chi connectivity index (χ0v) is 12.0. The first-order valence-corrected chi connectivity index (χ1v) is 8.20. The summed E-state index contributed by atoms with van der Waals surface area (Å²) in [5, 5.41) is 0. The van der Waals surface area contributed by atoms with Crippen LogP contribution in [-0.2, 0) is 9.05 Å². The van der Waals surface area contributed by atoms with Gasteiger partial charge in [0.25, 0.3) is 15.0 Å². The minimum Gasteiger partial charge on any atom is -0.335 e. The molecule has 2 rings (SSSR count). The van der Waals surface area contributed by atoms with Crippen LogP contribution in [0.5, 0.6) is 0 Å². The van der Waals surface area contributed by atoms with Gasteiger partial charge in [0.05, 0.1) is 4.90 Å². The van der Waals surface area contributed by atoms with Gasteiger partial charge in [-0.15, -0.1) is 0 Å². The zero-order chi connectivity index (χ0) is 14.0. The van der Waals surface area contributed by atoms with Crippen LogP contribution in [0.1, 0.15) is 22.3 Å². The molecule has 6 heteroatoms. The van der Waals surface area contributed by atoms with Crippen LogP contribution in [0.2, 0.25) is 0 Å². The smallest absolute Gasteiger partial charge is 0.261 e. The van der Waals surface area contributed by atoms with Gasteiger partial charge in [0.2, 0.25) is 0 Å². The zero-order valence-electron chi connectivity index (χ0n) is 10.5. The van der Waals surface area contributed by atoms with Crippen LogP contribution in [0.3, 0.4) is 0 Å². The maximum Gasteiger partial charge on any atom is 0.261 e. The van der Waals surface area contributed by atoms with Crippen LogP contribution in [0.25, 0.3) is 0 Å².